The maximum atomic E-state index is 13.2. The molecule has 2 aliphatic carbocycles. The van der Waals surface area contributed by atoms with Gasteiger partial charge in [0, 0.05) is 11.1 Å². The molecule has 2 amide bonds. The molecule has 5 rings (SSSR count). The average Bonchev–Trinajstić information content (AvgIpc) is 3.38. The van der Waals surface area contributed by atoms with Crippen molar-refractivity contribution in [2.45, 2.75) is 70.2 Å². The zero-order valence-corrected chi connectivity index (χ0v) is 19.0. The van der Waals surface area contributed by atoms with Crippen LogP contribution in [0.4, 0.5) is 10.5 Å². The lowest BCUT2D eigenvalue weighted by molar-refractivity contribution is 0.0971. The van der Waals surface area contributed by atoms with E-state index >= 15 is 0 Å². The lowest BCUT2D eigenvalue weighted by Gasteiger charge is -2.30. The van der Waals surface area contributed by atoms with Gasteiger partial charge in [-0.2, -0.15) is 5.10 Å². The van der Waals surface area contributed by atoms with Gasteiger partial charge in [-0.1, -0.05) is 26.8 Å². The number of nitrogens with zero attached hydrogens (tertiary/aromatic N) is 2. The summed E-state index contributed by atoms with van der Waals surface area (Å²) in [4.78, 5) is 13.0. The van der Waals surface area contributed by atoms with Crippen LogP contribution in [0.15, 0.2) is 17.2 Å². The number of benzene rings is 1. The van der Waals surface area contributed by atoms with Crippen LogP contribution < -0.4 is 14.8 Å². The number of urea groups is 1. The van der Waals surface area contributed by atoms with Crippen molar-refractivity contribution < 1.29 is 13.7 Å². The number of carbonyl (C=O) groups excluding carboxylic acids is 1. The third-order valence-electron chi connectivity index (χ3n) is 6.59. The van der Waals surface area contributed by atoms with Gasteiger partial charge in [-0.3, -0.25) is 0 Å². The van der Waals surface area contributed by atoms with Crippen LogP contribution >= 0.6 is 0 Å². The minimum atomic E-state index is -3.63. The van der Waals surface area contributed by atoms with E-state index in [0.717, 1.165) is 37.8 Å². The number of hydrogen-bond donors (Lipinski definition) is 3. The summed E-state index contributed by atoms with van der Waals surface area (Å²) in [5.41, 5.74) is 5.74. The Morgan fingerprint density at radius 3 is 2.94 bits per heavy atom. The van der Waals surface area contributed by atoms with E-state index in [1.165, 1.54) is 28.5 Å². The number of rotatable bonds is 3. The molecular formula is C22H29N5O3S. The van der Waals surface area contributed by atoms with Crippen molar-refractivity contribution in [3.63, 3.8) is 0 Å². The van der Waals surface area contributed by atoms with Crippen LogP contribution in [0.5, 0.6) is 5.88 Å². The van der Waals surface area contributed by atoms with Crippen LogP contribution in [0.3, 0.4) is 0 Å². The van der Waals surface area contributed by atoms with Gasteiger partial charge >= 0.3 is 6.03 Å². The Balaban J connectivity index is 1.41. The first kappa shape index (κ1) is 20.4. The van der Waals surface area contributed by atoms with Crippen molar-refractivity contribution in [1.82, 2.24) is 14.5 Å². The van der Waals surface area contributed by atoms with Crippen molar-refractivity contribution in [3.05, 3.63) is 34.5 Å². The zero-order chi connectivity index (χ0) is 22.0. The van der Waals surface area contributed by atoms with Gasteiger partial charge in [0.1, 0.15) is 4.90 Å². The van der Waals surface area contributed by atoms with Gasteiger partial charge in [0.2, 0.25) is 5.88 Å². The fraction of sp³-hybridized carbons (Fsp3) is 0.545. The predicted molar refractivity (Wildman–Crippen MR) is 118 cm³/mol. The van der Waals surface area contributed by atoms with E-state index in [4.69, 9.17) is 9.52 Å². The Bertz CT molecular complexity index is 1180. The number of amides is 2. The van der Waals surface area contributed by atoms with Crippen molar-refractivity contribution in [2.24, 2.45) is 5.41 Å². The second kappa shape index (κ2) is 6.98. The van der Waals surface area contributed by atoms with Gasteiger partial charge in [0.05, 0.1) is 19.3 Å². The highest BCUT2D eigenvalue weighted by Crippen LogP contribution is 2.44. The van der Waals surface area contributed by atoms with Crippen LogP contribution in [-0.4, -0.2) is 26.6 Å². The number of anilines is 1. The number of aromatic nitrogens is 2. The molecule has 0 bridgehead atoms. The van der Waals surface area contributed by atoms with Gasteiger partial charge in [-0.15, -0.1) is 0 Å². The minimum Gasteiger partial charge on any atom is -0.476 e. The summed E-state index contributed by atoms with van der Waals surface area (Å²) in [5.74, 6) is 0.672. The summed E-state index contributed by atoms with van der Waals surface area (Å²) >= 11 is 0. The molecule has 0 spiro atoms. The molecule has 9 heteroatoms. The standard InChI is InChI=1S/C22H29N5O3S/c1-13-7-8-15-9-14-5-4-6-16(14)19(18(13)15)25-21(28)26-31(23,29)17-10-24-27-11-22(2,3)12-30-20(17)27/h9-10,13H,4-8,11-12H2,1-3H3,(H3,23,25,26,28,29). The molecule has 2 heterocycles. The lowest BCUT2D eigenvalue weighted by Crippen LogP contribution is -2.36. The highest BCUT2D eigenvalue weighted by atomic mass is 32.2. The summed E-state index contributed by atoms with van der Waals surface area (Å²) < 4.78 is 31.3. The van der Waals surface area contributed by atoms with Gasteiger partial charge in [-0.05, 0) is 60.3 Å². The SMILES string of the molecule is CC1CCc2cc3c(c(NC(=O)NS(=N)(=O)c4cnn5c4OCC(C)(C)C5)c21)CCC3. The van der Waals surface area contributed by atoms with E-state index in [2.05, 4.69) is 42.0 Å². The predicted octanol–water partition coefficient (Wildman–Crippen LogP) is 3.98. The first-order valence-corrected chi connectivity index (χ1v) is 12.4. The van der Waals surface area contributed by atoms with E-state index in [9.17, 15) is 9.00 Å². The van der Waals surface area contributed by atoms with E-state index in [1.807, 2.05) is 0 Å². The third kappa shape index (κ3) is 3.48. The summed E-state index contributed by atoms with van der Waals surface area (Å²) in [6.07, 6.45) is 6.49. The molecule has 166 valence electrons. The maximum Gasteiger partial charge on any atom is 0.331 e. The number of aryl methyl sites for hydroxylation is 2. The highest BCUT2D eigenvalue weighted by Gasteiger charge is 2.33. The molecule has 0 saturated heterocycles. The maximum absolute atomic E-state index is 13.2. The molecule has 0 radical (unpaired) electrons. The molecule has 0 fully saturated rings. The fourth-order valence-electron chi connectivity index (χ4n) is 5.10. The van der Waals surface area contributed by atoms with Crippen LogP contribution in [0.25, 0.3) is 0 Å². The molecule has 1 aromatic heterocycles. The monoisotopic (exact) mass is 443 g/mol. The Morgan fingerprint density at radius 2 is 2.13 bits per heavy atom. The number of fused-ring (bicyclic) bond motifs is 3. The number of carbonyl (C=O) groups is 1. The Morgan fingerprint density at radius 1 is 1.32 bits per heavy atom. The average molecular weight is 444 g/mol. The van der Waals surface area contributed by atoms with Crippen LogP contribution in [0.2, 0.25) is 0 Å². The van der Waals surface area contributed by atoms with Crippen LogP contribution in [0.1, 0.15) is 61.8 Å². The smallest absolute Gasteiger partial charge is 0.331 e. The normalized spacial score (nSPS) is 22.6. The Hall–Kier alpha value is -2.55. The summed E-state index contributed by atoms with van der Waals surface area (Å²) in [5, 5.41) is 7.20. The lowest BCUT2D eigenvalue weighted by atomic mass is 9.94. The third-order valence-corrected chi connectivity index (χ3v) is 7.96. The number of hydrogen-bond acceptors (Lipinski definition) is 5. The molecule has 3 N–H and O–H groups in total. The summed E-state index contributed by atoms with van der Waals surface area (Å²) in [6.45, 7) is 7.33. The largest absolute Gasteiger partial charge is 0.476 e. The first-order chi connectivity index (χ1) is 14.6. The van der Waals surface area contributed by atoms with Gasteiger partial charge in [0.25, 0.3) is 0 Å². The number of nitrogens with one attached hydrogen (secondary N) is 3. The molecule has 2 atom stereocenters. The fourth-order valence-corrected chi connectivity index (χ4v) is 6.13. The van der Waals surface area contributed by atoms with Gasteiger partial charge in [0.15, 0.2) is 9.92 Å². The number of ether oxygens (including phenoxy) is 1. The zero-order valence-electron chi connectivity index (χ0n) is 18.2. The van der Waals surface area contributed by atoms with Gasteiger partial charge < -0.3 is 10.1 Å². The summed E-state index contributed by atoms with van der Waals surface area (Å²) in [7, 11) is -3.63. The van der Waals surface area contributed by atoms with E-state index in [1.54, 1.807) is 4.68 Å². The van der Waals surface area contributed by atoms with Gasteiger partial charge in [-0.25, -0.2) is 23.2 Å². The quantitative estimate of drug-likeness (QED) is 0.666. The minimum absolute atomic E-state index is 0.102. The molecule has 1 aliphatic heterocycles. The van der Waals surface area contributed by atoms with Crippen LogP contribution in [-0.2, 0) is 35.7 Å². The Labute approximate surface area is 182 Å². The molecule has 2 aromatic rings. The van der Waals surface area contributed by atoms with Crippen molar-refractivity contribution in [3.8, 4) is 5.88 Å². The van der Waals surface area contributed by atoms with Crippen molar-refractivity contribution >= 4 is 21.6 Å². The van der Waals surface area contributed by atoms with E-state index in [-0.39, 0.29) is 10.3 Å². The molecule has 1 aromatic carbocycles. The second-order valence-electron chi connectivity index (χ2n) is 9.79. The molecule has 8 nitrogen and oxygen atoms in total. The molecule has 2 unspecified atom stereocenters. The van der Waals surface area contributed by atoms with E-state index in [0.29, 0.717) is 24.9 Å². The molecular weight excluding hydrogens is 414 g/mol. The Kier molecular flexibility index (Phi) is 4.58. The topological polar surface area (TPSA) is 109 Å². The van der Waals surface area contributed by atoms with Crippen molar-refractivity contribution in [1.29, 1.82) is 4.78 Å². The second-order valence-corrected chi connectivity index (χ2v) is 11.5. The van der Waals surface area contributed by atoms with Crippen molar-refractivity contribution in [2.75, 3.05) is 11.9 Å². The molecule has 3 aliphatic rings. The molecule has 31 heavy (non-hydrogen) atoms. The highest BCUT2D eigenvalue weighted by molar-refractivity contribution is 7.91. The van der Waals surface area contributed by atoms with E-state index < -0.39 is 15.9 Å². The first-order valence-electron chi connectivity index (χ1n) is 10.9. The van der Waals surface area contributed by atoms with Crippen LogP contribution in [0, 0.1) is 10.2 Å². The summed E-state index contributed by atoms with van der Waals surface area (Å²) in [6, 6.07) is 1.67. The molecule has 0 saturated carbocycles.